The maximum absolute atomic E-state index is 8.89. The van der Waals surface area contributed by atoms with E-state index in [1.54, 1.807) is 7.11 Å². The number of nitriles is 1. The molecule has 0 heterocycles. The van der Waals surface area contributed by atoms with E-state index < -0.39 is 0 Å². The highest BCUT2D eigenvalue weighted by Gasteiger charge is 2.23. The molecule has 0 aromatic heterocycles. The molecule has 0 N–H and O–H groups in total. The molecule has 1 aliphatic carbocycles. The van der Waals surface area contributed by atoms with Crippen LogP contribution in [0, 0.1) is 23.7 Å². The van der Waals surface area contributed by atoms with Gasteiger partial charge >= 0.3 is 0 Å². The molecule has 0 bridgehead atoms. The highest BCUT2D eigenvalue weighted by molar-refractivity contribution is 6.08. The van der Waals surface area contributed by atoms with Crippen molar-refractivity contribution in [3.8, 4) is 24.2 Å². The van der Waals surface area contributed by atoms with Crippen LogP contribution in [0.5, 0.6) is 5.75 Å². The zero-order valence-electron chi connectivity index (χ0n) is 13.1. The second kappa shape index (κ2) is 5.87. The van der Waals surface area contributed by atoms with Crippen LogP contribution in [0.1, 0.15) is 29.2 Å². The molecule has 0 amide bonds. The fourth-order valence-corrected chi connectivity index (χ4v) is 2.82. The topological polar surface area (TPSA) is 33.0 Å². The van der Waals surface area contributed by atoms with Crippen LogP contribution in [-0.2, 0) is 0 Å². The van der Waals surface area contributed by atoms with Gasteiger partial charge in [-0.3, -0.25) is 0 Å². The number of nitrogens with zero attached hydrogens (tertiary/aromatic N) is 1. The number of benzene rings is 2. The van der Waals surface area contributed by atoms with Gasteiger partial charge in [0.15, 0.2) is 0 Å². The molecule has 0 atom stereocenters. The van der Waals surface area contributed by atoms with Crippen LogP contribution in [0.15, 0.2) is 48.0 Å². The third-order valence-corrected chi connectivity index (χ3v) is 4.06. The summed E-state index contributed by atoms with van der Waals surface area (Å²) in [4.78, 5) is 0. The van der Waals surface area contributed by atoms with Gasteiger partial charge in [0, 0.05) is 11.1 Å². The SMILES string of the molecule is C#CC1=C(C)C(=Cc2ccc(C#N)cc2)c2ccc(OC)cc21. The van der Waals surface area contributed by atoms with E-state index in [4.69, 9.17) is 16.4 Å². The van der Waals surface area contributed by atoms with Gasteiger partial charge < -0.3 is 4.74 Å². The molecule has 0 saturated heterocycles. The number of methoxy groups -OCH3 is 1. The third kappa shape index (κ3) is 2.52. The summed E-state index contributed by atoms with van der Waals surface area (Å²) in [6.07, 6.45) is 7.82. The molecule has 0 radical (unpaired) electrons. The van der Waals surface area contributed by atoms with Gasteiger partial charge in [0.05, 0.1) is 18.7 Å². The van der Waals surface area contributed by atoms with Gasteiger partial charge in [-0.15, -0.1) is 6.42 Å². The molecule has 0 aliphatic heterocycles. The van der Waals surface area contributed by atoms with Crippen LogP contribution in [0.3, 0.4) is 0 Å². The highest BCUT2D eigenvalue weighted by Crippen LogP contribution is 2.43. The predicted molar refractivity (Wildman–Crippen MR) is 93.4 cm³/mol. The third-order valence-electron chi connectivity index (χ3n) is 4.06. The number of rotatable bonds is 2. The largest absolute Gasteiger partial charge is 0.497 e. The van der Waals surface area contributed by atoms with E-state index in [9.17, 15) is 0 Å². The maximum Gasteiger partial charge on any atom is 0.119 e. The zero-order chi connectivity index (χ0) is 16.4. The molecule has 0 spiro atoms. The molecule has 110 valence electrons. The minimum absolute atomic E-state index is 0.653. The van der Waals surface area contributed by atoms with Crippen LogP contribution in [0.4, 0.5) is 0 Å². The summed E-state index contributed by atoms with van der Waals surface area (Å²) in [7, 11) is 1.65. The fraction of sp³-hybridized carbons (Fsp3) is 0.0952. The minimum Gasteiger partial charge on any atom is -0.497 e. The van der Waals surface area contributed by atoms with Crippen molar-refractivity contribution in [1.82, 2.24) is 0 Å². The Morgan fingerprint density at radius 2 is 1.83 bits per heavy atom. The molecule has 2 aromatic rings. The monoisotopic (exact) mass is 297 g/mol. The lowest BCUT2D eigenvalue weighted by Gasteiger charge is -2.06. The lowest BCUT2D eigenvalue weighted by molar-refractivity contribution is 0.414. The van der Waals surface area contributed by atoms with Crippen LogP contribution < -0.4 is 4.74 Å². The van der Waals surface area contributed by atoms with Crippen molar-refractivity contribution in [2.24, 2.45) is 0 Å². The van der Waals surface area contributed by atoms with Crippen molar-refractivity contribution in [2.45, 2.75) is 6.92 Å². The smallest absolute Gasteiger partial charge is 0.119 e. The van der Waals surface area contributed by atoms with Gasteiger partial charge in [0.1, 0.15) is 5.75 Å². The van der Waals surface area contributed by atoms with E-state index in [2.05, 4.69) is 18.1 Å². The lowest BCUT2D eigenvalue weighted by Crippen LogP contribution is -1.88. The maximum atomic E-state index is 8.89. The Hall–Kier alpha value is -3.23. The van der Waals surface area contributed by atoms with E-state index >= 15 is 0 Å². The van der Waals surface area contributed by atoms with Crippen molar-refractivity contribution in [3.05, 3.63) is 70.3 Å². The molecule has 0 saturated carbocycles. The lowest BCUT2D eigenvalue weighted by atomic mass is 10.00. The molecule has 23 heavy (non-hydrogen) atoms. The van der Waals surface area contributed by atoms with E-state index in [1.807, 2.05) is 49.4 Å². The first-order valence-electron chi connectivity index (χ1n) is 7.26. The van der Waals surface area contributed by atoms with Gasteiger partial charge in [-0.05, 0) is 59.5 Å². The number of terminal acetylenes is 1. The first kappa shape index (κ1) is 14.7. The summed E-state index contributed by atoms with van der Waals surface area (Å²) < 4.78 is 5.31. The van der Waals surface area contributed by atoms with E-state index in [1.165, 1.54) is 0 Å². The molecule has 2 nitrogen and oxygen atoms in total. The molecule has 2 heteroatoms. The Balaban J connectivity index is 2.14. The van der Waals surface area contributed by atoms with Gasteiger partial charge in [0.25, 0.3) is 0 Å². The average molecular weight is 297 g/mol. The number of hydrogen-bond donors (Lipinski definition) is 0. The second-order valence-corrected chi connectivity index (χ2v) is 5.35. The minimum atomic E-state index is 0.653. The Morgan fingerprint density at radius 1 is 1.09 bits per heavy atom. The molecule has 1 aliphatic rings. The molecular formula is C21H15NO. The van der Waals surface area contributed by atoms with Gasteiger partial charge in [-0.25, -0.2) is 0 Å². The van der Waals surface area contributed by atoms with Crippen LogP contribution in [0.2, 0.25) is 0 Å². The van der Waals surface area contributed by atoms with Crippen molar-refractivity contribution >= 4 is 17.2 Å². The van der Waals surface area contributed by atoms with Crippen molar-refractivity contribution in [2.75, 3.05) is 7.11 Å². The van der Waals surface area contributed by atoms with Crippen molar-refractivity contribution in [1.29, 1.82) is 5.26 Å². The van der Waals surface area contributed by atoms with Gasteiger partial charge in [0.2, 0.25) is 0 Å². The number of allylic oxidation sites excluding steroid dienone is 3. The summed E-state index contributed by atoms with van der Waals surface area (Å²) in [6.45, 7) is 2.04. The number of hydrogen-bond acceptors (Lipinski definition) is 2. The molecule has 0 unspecified atom stereocenters. The van der Waals surface area contributed by atoms with Crippen LogP contribution >= 0.6 is 0 Å². The van der Waals surface area contributed by atoms with E-state index in [0.29, 0.717) is 5.56 Å². The van der Waals surface area contributed by atoms with Gasteiger partial charge in [-0.2, -0.15) is 5.26 Å². The average Bonchev–Trinajstić information content (AvgIpc) is 2.86. The van der Waals surface area contributed by atoms with Gasteiger partial charge in [-0.1, -0.05) is 24.1 Å². The molecule has 0 fully saturated rings. The number of fused-ring (bicyclic) bond motifs is 1. The van der Waals surface area contributed by atoms with Crippen LogP contribution in [0.25, 0.3) is 17.2 Å². The molecular weight excluding hydrogens is 282 g/mol. The summed E-state index contributed by atoms with van der Waals surface area (Å²) in [5.41, 5.74) is 6.93. The van der Waals surface area contributed by atoms with Crippen LogP contribution in [-0.4, -0.2) is 7.11 Å². The Bertz CT molecular complexity index is 916. The summed E-state index contributed by atoms with van der Waals surface area (Å²) in [5, 5.41) is 8.89. The Morgan fingerprint density at radius 3 is 2.43 bits per heavy atom. The predicted octanol–water partition coefficient (Wildman–Crippen LogP) is 4.53. The second-order valence-electron chi connectivity index (χ2n) is 5.35. The first-order chi connectivity index (χ1) is 11.2. The Kier molecular flexibility index (Phi) is 3.75. The summed E-state index contributed by atoms with van der Waals surface area (Å²) in [6, 6.07) is 15.6. The zero-order valence-corrected chi connectivity index (χ0v) is 13.1. The molecule has 3 rings (SSSR count). The fourth-order valence-electron chi connectivity index (χ4n) is 2.82. The standard InChI is InChI=1S/C21H15NO/c1-4-18-14(2)20(11-15-5-7-16(13-22)8-6-15)19-10-9-17(23-3)12-21(18)19/h1,5-12H,2-3H3. The van der Waals surface area contributed by atoms with E-state index in [0.717, 1.165) is 39.2 Å². The Labute approximate surface area is 136 Å². The normalized spacial score (nSPS) is 14.3. The quantitative estimate of drug-likeness (QED) is 0.763. The highest BCUT2D eigenvalue weighted by atomic mass is 16.5. The first-order valence-corrected chi connectivity index (χ1v) is 7.26. The van der Waals surface area contributed by atoms with Crippen molar-refractivity contribution < 1.29 is 4.74 Å². The summed E-state index contributed by atoms with van der Waals surface area (Å²) >= 11 is 0. The van der Waals surface area contributed by atoms with E-state index in [-0.39, 0.29) is 0 Å². The van der Waals surface area contributed by atoms with Crippen molar-refractivity contribution in [3.63, 3.8) is 0 Å². The number of ether oxygens (including phenoxy) is 1. The molecule has 2 aromatic carbocycles. The summed E-state index contributed by atoms with van der Waals surface area (Å²) in [5.74, 6) is 3.59.